The Bertz CT molecular complexity index is 1350. The van der Waals surface area contributed by atoms with Crippen molar-refractivity contribution >= 4 is 21.3 Å². The van der Waals surface area contributed by atoms with Gasteiger partial charge in [0, 0.05) is 37.2 Å². The maximum absolute atomic E-state index is 12.6. The summed E-state index contributed by atoms with van der Waals surface area (Å²) in [4.78, 5) is 18.0. The van der Waals surface area contributed by atoms with Gasteiger partial charge in [0.1, 0.15) is 5.78 Å². The van der Waals surface area contributed by atoms with Crippen LogP contribution >= 0.6 is 0 Å². The first-order chi connectivity index (χ1) is 19.3. The lowest BCUT2D eigenvalue weighted by Gasteiger charge is -2.48. The Balaban J connectivity index is 1.07. The van der Waals surface area contributed by atoms with Crippen LogP contribution in [0.25, 0.3) is 0 Å². The summed E-state index contributed by atoms with van der Waals surface area (Å²) in [6.07, 6.45) is 6.44. The molecule has 0 aromatic heterocycles. The van der Waals surface area contributed by atoms with E-state index in [0.29, 0.717) is 10.8 Å². The molecule has 6 rings (SSSR count). The number of rotatable bonds is 9. The summed E-state index contributed by atoms with van der Waals surface area (Å²) >= 11 is 0. The number of nitrogens with zero attached hydrogens (tertiary/aromatic N) is 3. The van der Waals surface area contributed by atoms with Crippen LogP contribution in [-0.4, -0.2) is 57.1 Å². The van der Waals surface area contributed by atoms with Crippen LogP contribution in [0.3, 0.4) is 0 Å². The van der Waals surface area contributed by atoms with Gasteiger partial charge in [-0.3, -0.25) is 4.79 Å². The lowest BCUT2D eigenvalue weighted by Crippen LogP contribution is -2.54. The molecule has 2 aromatic carbocycles. The number of Topliss-reactive ketones (excluding diaryl/α,β-unsaturated/α-hetero) is 1. The van der Waals surface area contributed by atoms with Gasteiger partial charge < -0.3 is 9.80 Å². The third kappa shape index (κ3) is 4.99. The van der Waals surface area contributed by atoms with Crippen LogP contribution in [-0.2, 0) is 20.0 Å². The van der Waals surface area contributed by atoms with E-state index in [1.54, 1.807) is 19.1 Å². The number of ketones is 1. The Morgan fingerprint density at radius 2 is 1.62 bits per heavy atom. The number of carbonyl (C=O) groups is 1. The molecule has 0 bridgehead atoms. The van der Waals surface area contributed by atoms with Crippen LogP contribution in [0, 0.1) is 35.0 Å². The molecule has 0 N–H and O–H groups in total. The lowest BCUT2D eigenvalue weighted by atomic mass is 9.58. The maximum Gasteiger partial charge on any atom is 0.181 e. The number of anilines is 1. The van der Waals surface area contributed by atoms with Crippen LogP contribution in [0.5, 0.6) is 0 Å². The fourth-order valence-electron chi connectivity index (χ4n) is 7.95. The van der Waals surface area contributed by atoms with Gasteiger partial charge in [-0.2, -0.15) is 5.26 Å². The fraction of sp³-hybridized carbons (Fsp3) is 0.576. The summed E-state index contributed by atoms with van der Waals surface area (Å²) < 4.78 is 25.0. The third-order valence-electron chi connectivity index (χ3n) is 10.3. The molecule has 2 heterocycles. The number of hydrogen-bond acceptors (Lipinski definition) is 6. The zero-order valence-corrected chi connectivity index (χ0v) is 24.4. The number of nitriles is 1. The molecule has 4 aliphatic rings. The molecule has 0 spiro atoms. The van der Waals surface area contributed by atoms with E-state index in [2.05, 4.69) is 28.0 Å². The molecule has 4 fully saturated rings. The minimum absolute atomic E-state index is 0.0123. The lowest BCUT2D eigenvalue weighted by molar-refractivity contribution is -0.122. The summed E-state index contributed by atoms with van der Waals surface area (Å²) in [7, 11) is -3.14. The van der Waals surface area contributed by atoms with Crippen molar-refractivity contribution < 1.29 is 13.2 Å². The van der Waals surface area contributed by atoms with Gasteiger partial charge in [-0.25, -0.2) is 8.42 Å². The predicted molar refractivity (Wildman–Crippen MR) is 157 cm³/mol. The number of likely N-dealkylation sites (tertiary alicyclic amines) is 1. The van der Waals surface area contributed by atoms with Crippen molar-refractivity contribution in [1.82, 2.24) is 4.90 Å². The van der Waals surface area contributed by atoms with Crippen molar-refractivity contribution in [3.63, 3.8) is 0 Å². The van der Waals surface area contributed by atoms with E-state index in [1.165, 1.54) is 0 Å². The highest BCUT2D eigenvalue weighted by Gasteiger charge is 2.53. The molecule has 0 amide bonds. The summed E-state index contributed by atoms with van der Waals surface area (Å²) in [6, 6.07) is 20.6. The molecule has 3 atom stereocenters. The monoisotopic (exact) mass is 559 g/mol. The SMILES string of the molecule is CC(=O)[C@@H]1CCC[C@H]1C(C#N)(c1ccccc1)C1CCN(CC2CN(c3ccc(S(=O)(=O)C4CC4)cc3)C2)CC1. The molecule has 6 nitrogen and oxygen atoms in total. The van der Waals surface area contributed by atoms with Crippen molar-refractivity contribution in [3.8, 4) is 6.07 Å². The van der Waals surface area contributed by atoms with Gasteiger partial charge in [0.15, 0.2) is 9.84 Å². The summed E-state index contributed by atoms with van der Waals surface area (Å²) in [5.74, 6) is 1.17. The highest BCUT2D eigenvalue weighted by atomic mass is 32.2. The van der Waals surface area contributed by atoms with Gasteiger partial charge >= 0.3 is 0 Å². The Labute approximate surface area is 239 Å². The largest absolute Gasteiger partial charge is 0.371 e. The molecular formula is C33H41N3O3S. The van der Waals surface area contributed by atoms with Gasteiger partial charge in [-0.15, -0.1) is 0 Å². The Morgan fingerprint density at radius 1 is 0.950 bits per heavy atom. The first-order valence-corrected chi connectivity index (χ1v) is 16.7. The highest BCUT2D eigenvalue weighted by Crippen LogP contribution is 2.52. The average Bonchev–Trinajstić information content (AvgIpc) is 3.71. The predicted octanol–water partition coefficient (Wildman–Crippen LogP) is 5.24. The molecule has 2 aliphatic heterocycles. The highest BCUT2D eigenvalue weighted by molar-refractivity contribution is 7.92. The fourth-order valence-corrected chi connectivity index (χ4v) is 9.60. The van der Waals surface area contributed by atoms with Crippen molar-refractivity contribution in [2.75, 3.05) is 37.6 Å². The molecular weight excluding hydrogens is 518 g/mol. The molecule has 40 heavy (non-hydrogen) atoms. The summed E-state index contributed by atoms with van der Waals surface area (Å²) in [5.41, 5.74) is 1.59. The van der Waals surface area contributed by atoms with Crippen LogP contribution in [0.2, 0.25) is 0 Å². The van der Waals surface area contributed by atoms with Gasteiger partial charge in [0.2, 0.25) is 0 Å². The molecule has 7 heteroatoms. The summed E-state index contributed by atoms with van der Waals surface area (Å²) in [6.45, 7) is 6.73. The first kappa shape index (κ1) is 27.5. The molecule has 2 saturated carbocycles. The number of sulfone groups is 1. The smallest absolute Gasteiger partial charge is 0.181 e. The van der Waals surface area contributed by atoms with Crippen LogP contribution in [0.4, 0.5) is 5.69 Å². The maximum atomic E-state index is 12.6. The zero-order chi connectivity index (χ0) is 27.9. The molecule has 2 aromatic rings. The van der Waals surface area contributed by atoms with Gasteiger partial charge in [0.05, 0.1) is 21.6 Å². The van der Waals surface area contributed by atoms with Crippen molar-refractivity contribution in [1.29, 1.82) is 5.26 Å². The van der Waals surface area contributed by atoms with E-state index >= 15 is 0 Å². The molecule has 1 unspecified atom stereocenters. The van der Waals surface area contributed by atoms with E-state index in [1.807, 2.05) is 30.3 Å². The second kappa shape index (κ2) is 10.9. The standard InChI is InChI=1S/C33H41N3O3S/c1-24(37)31-8-5-9-32(31)33(23-34,26-6-3-2-4-7-26)27-16-18-35(19-17-27)20-25-21-36(22-25)28-10-12-29(13-11-28)40(38,39)30-14-15-30/h2-4,6-7,10-13,25,27,30-32H,5,8-9,14-22H2,1H3/t31-,32+,33?/m0/s1. The van der Waals surface area contributed by atoms with E-state index in [-0.39, 0.29) is 28.8 Å². The second-order valence-electron chi connectivity index (χ2n) is 12.7. The van der Waals surface area contributed by atoms with Crippen LogP contribution < -0.4 is 4.90 Å². The topological polar surface area (TPSA) is 81.5 Å². The van der Waals surface area contributed by atoms with E-state index in [0.717, 1.165) is 88.9 Å². The van der Waals surface area contributed by atoms with Crippen molar-refractivity contribution in [2.45, 2.75) is 67.4 Å². The molecule has 2 aliphatic carbocycles. The normalized spacial score (nSPS) is 26.1. The Morgan fingerprint density at radius 3 is 2.23 bits per heavy atom. The van der Waals surface area contributed by atoms with Crippen molar-refractivity contribution in [3.05, 3.63) is 60.2 Å². The molecule has 2 saturated heterocycles. The van der Waals surface area contributed by atoms with Gasteiger partial charge in [0.25, 0.3) is 0 Å². The quantitative estimate of drug-likeness (QED) is 0.418. The second-order valence-corrected chi connectivity index (χ2v) is 14.9. The first-order valence-electron chi connectivity index (χ1n) is 15.1. The zero-order valence-electron chi connectivity index (χ0n) is 23.5. The van der Waals surface area contributed by atoms with Crippen LogP contribution in [0.1, 0.15) is 57.4 Å². The number of benzene rings is 2. The van der Waals surface area contributed by atoms with Crippen molar-refractivity contribution in [2.24, 2.45) is 23.7 Å². The van der Waals surface area contributed by atoms with E-state index in [4.69, 9.17) is 0 Å². The third-order valence-corrected chi connectivity index (χ3v) is 12.5. The number of piperidine rings is 1. The van der Waals surface area contributed by atoms with Crippen LogP contribution in [0.15, 0.2) is 59.5 Å². The average molecular weight is 560 g/mol. The van der Waals surface area contributed by atoms with Gasteiger partial charge in [-0.05, 0) is 100 Å². The number of hydrogen-bond donors (Lipinski definition) is 0. The van der Waals surface area contributed by atoms with Gasteiger partial charge in [-0.1, -0.05) is 36.8 Å². The van der Waals surface area contributed by atoms with E-state index < -0.39 is 15.3 Å². The Hall–Kier alpha value is -2.69. The minimum Gasteiger partial charge on any atom is -0.371 e. The summed E-state index contributed by atoms with van der Waals surface area (Å²) in [5, 5.41) is 10.6. The Kier molecular flexibility index (Phi) is 7.52. The van der Waals surface area contributed by atoms with E-state index in [9.17, 15) is 18.5 Å². The minimum atomic E-state index is -3.14. The number of carbonyl (C=O) groups excluding carboxylic acids is 1. The molecule has 212 valence electrons. The molecule has 0 radical (unpaired) electrons.